The Morgan fingerprint density at radius 1 is 1.28 bits per heavy atom. The Balaban J connectivity index is 2.33. The molecule has 0 saturated heterocycles. The molecule has 0 aliphatic heterocycles. The van der Waals surface area contributed by atoms with Gasteiger partial charge in [0.05, 0.1) is 9.47 Å². The van der Waals surface area contributed by atoms with Crippen LogP contribution in [0.4, 0.5) is 10.1 Å². The van der Waals surface area contributed by atoms with Gasteiger partial charge in [-0.05, 0) is 58.7 Å². The SMILES string of the molecule is Cc1cc(F)ccc1NS(=O)(=O)c1ccc(Br)s1. The quantitative estimate of drug-likeness (QED) is 0.916. The molecular formula is C11H9BrFNO2S2. The number of thiophene rings is 1. The van der Waals surface area contributed by atoms with Crippen LogP contribution >= 0.6 is 27.3 Å². The molecule has 3 nitrogen and oxygen atoms in total. The summed E-state index contributed by atoms with van der Waals surface area (Å²) in [6.45, 7) is 1.64. The molecule has 1 N–H and O–H groups in total. The van der Waals surface area contributed by atoms with Crippen molar-refractivity contribution in [3.05, 3.63) is 45.5 Å². The van der Waals surface area contributed by atoms with Gasteiger partial charge in [0.15, 0.2) is 0 Å². The first-order chi connectivity index (χ1) is 8.38. The Labute approximate surface area is 117 Å². The summed E-state index contributed by atoms with van der Waals surface area (Å²) in [6.07, 6.45) is 0. The molecule has 1 aromatic carbocycles. The second-order valence-corrected chi connectivity index (χ2v) is 8.00. The molecule has 2 aromatic rings. The van der Waals surface area contributed by atoms with E-state index in [0.717, 1.165) is 15.1 Å². The van der Waals surface area contributed by atoms with Gasteiger partial charge in [-0.1, -0.05) is 0 Å². The van der Waals surface area contributed by atoms with E-state index in [0.29, 0.717) is 11.3 Å². The number of aryl methyl sites for hydroxylation is 1. The summed E-state index contributed by atoms with van der Waals surface area (Å²) in [5.41, 5.74) is 0.912. The molecule has 0 radical (unpaired) electrons. The van der Waals surface area contributed by atoms with Crippen LogP contribution < -0.4 is 4.72 Å². The number of benzene rings is 1. The zero-order valence-corrected chi connectivity index (χ0v) is 12.5. The van der Waals surface area contributed by atoms with Crippen LogP contribution in [0.25, 0.3) is 0 Å². The van der Waals surface area contributed by atoms with Gasteiger partial charge in [0.1, 0.15) is 10.0 Å². The summed E-state index contributed by atoms with van der Waals surface area (Å²) >= 11 is 4.33. The van der Waals surface area contributed by atoms with Gasteiger partial charge >= 0.3 is 0 Å². The Bertz CT molecular complexity index is 682. The molecular weight excluding hydrogens is 341 g/mol. The minimum absolute atomic E-state index is 0.207. The van der Waals surface area contributed by atoms with Crippen molar-refractivity contribution in [1.82, 2.24) is 0 Å². The lowest BCUT2D eigenvalue weighted by molar-refractivity contribution is 0.602. The molecule has 2 rings (SSSR count). The molecule has 0 fully saturated rings. The van der Waals surface area contributed by atoms with E-state index in [1.807, 2.05) is 0 Å². The van der Waals surface area contributed by atoms with Crippen LogP contribution in [0, 0.1) is 12.7 Å². The third kappa shape index (κ3) is 2.90. The lowest BCUT2D eigenvalue weighted by atomic mass is 10.2. The van der Waals surface area contributed by atoms with Gasteiger partial charge < -0.3 is 0 Å². The van der Waals surface area contributed by atoms with E-state index in [1.165, 1.54) is 24.3 Å². The fourth-order valence-corrected chi connectivity index (χ4v) is 4.52. The molecule has 0 amide bonds. The number of rotatable bonds is 3. The highest BCUT2D eigenvalue weighted by molar-refractivity contribution is 9.11. The highest BCUT2D eigenvalue weighted by Crippen LogP contribution is 2.28. The summed E-state index contributed by atoms with van der Waals surface area (Å²) < 4.78 is 40.4. The highest BCUT2D eigenvalue weighted by Gasteiger charge is 2.17. The third-order valence-electron chi connectivity index (χ3n) is 2.25. The molecule has 0 bridgehead atoms. The summed E-state index contributed by atoms with van der Waals surface area (Å²) in [7, 11) is -3.61. The van der Waals surface area contributed by atoms with E-state index in [-0.39, 0.29) is 4.21 Å². The third-order valence-corrected chi connectivity index (χ3v) is 5.73. The van der Waals surface area contributed by atoms with E-state index in [9.17, 15) is 12.8 Å². The maximum absolute atomic E-state index is 12.9. The van der Waals surface area contributed by atoms with Crippen LogP contribution in [-0.4, -0.2) is 8.42 Å². The molecule has 0 spiro atoms. The standard InChI is InChI=1S/C11H9BrFNO2S2/c1-7-6-8(13)2-3-9(7)14-18(15,16)11-5-4-10(12)17-11/h2-6,14H,1H3. The van der Waals surface area contributed by atoms with E-state index < -0.39 is 15.8 Å². The topological polar surface area (TPSA) is 46.2 Å². The van der Waals surface area contributed by atoms with Crippen molar-refractivity contribution in [3.8, 4) is 0 Å². The molecule has 0 unspecified atom stereocenters. The lowest BCUT2D eigenvalue weighted by Gasteiger charge is -2.08. The smallest absolute Gasteiger partial charge is 0.271 e. The normalized spacial score (nSPS) is 11.5. The van der Waals surface area contributed by atoms with Crippen molar-refractivity contribution >= 4 is 43.0 Å². The maximum atomic E-state index is 12.9. The van der Waals surface area contributed by atoms with Gasteiger partial charge in [0, 0.05) is 0 Å². The van der Waals surface area contributed by atoms with Crippen LogP contribution in [-0.2, 0) is 10.0 Å². The molecule has 1 heterocycles. The van der Waals surface area contributed by atoms with E-state index in [1.54, 1.807) is 13.0 Å². The second-order valence-electron chi connectivity index (χ2n) is 3.62. The molecule has 0 saturated carbocycles. The van der Waals surface area contributed by atoms with Crippen molar-refractivity contribution in [1.29, 1.82) is 0 Å². The molecule has 1 aromatic heterocycles. The Morgan fingerprint density at radius 2 is 2.00 bits per heavy atom. The van der Waals surface area contributed by atoms with Gasteiger partial charge in [-0.3, -0.25) is 4.72 Å². The van der Waals surface area contributed by atoms with E-state index >= 15 is 0 Å². The van der Waals surface area contributed by atoms with Crippen LogP contribution in [0.5, 0.6) is 0 Å². The van der Waals surface area contributed by atoms with E-state index in [2.05, 4.69) is 20.7 Å². The number of sulfonamides is 1. The van der Waals surface area contributed by atoms with Crippen LogP contribution in [0.1, 0.15) is 5.56 Å². The lowest BCUT2D eigenvalue weighted by Crippen LogP contribution is -2.12. The van der Waals surface area contributed by atoms with Gasteiger partial charge in [0.2, 0.25) is 0 Å². The largest absolute Gasteiger partial charge is 0.279 e. The average Bonchev–Trinajstić information content (AvgIpc) is 2.70. The van der Waals surface area contributed by atoms with E-state index in [4.69, 9.17) is 0 Å². The first-order valence-corrected chi connectivity index (χ1v) is 8.02. The zero-order valence-electron chi connectivity index (χ0n) is 9.28. The number of nitrogens with one attached hydrogen (secondary N) is 1. The van der Waals surface area contributed by atoms with Gasteiger partial charge in [-0.15, -0.1) is 11.3 Å². The fourth-order valence-electron chi connectivity index (χ4n) is 1.38. The van der Waals surface area contributed by atoms with Gasteiger partial charge in [0.25, 0.3) is 10.0 Å². The van der Waals surface area contributed by atoms with Crippen molar-refractivity contribution in [2.24, 2.45) is 0 Å². The fraction of sp³-hybridized carbons (Fsp3) is 0.0909. The summed E-state index contributed by atoms with van der Waals surface area (Å²) in [4.78, 5) is 0. The predicted octanol–water partition coefficient (Wildman–Crippen LogP) is 3.76. The van der Waals surface area contributed by atoms with Crippen molar-refractivity contribution in [2.75, 3.05) is 4.72 Å². The average molecular weight is 350 g/mol. The van der Waals surface area contributed by atoms with Crippen molar-refractivity contribution in [2.45, 2.75) is 11.1 Å². The highest BCUT2D eigenvalue weighted by atomic mass is 79.9. The predicted molar refractivity (Wildman–Crippen MR) is 74.0 cm³/mol. The summed E-state index contributed by atoms with van der Waals surface area (Å²) in [6, 6.07) is 7.08. The van der Waals surface area contributed by atoms with Crippen molar-refractivity contribution < 1.29 is 12.8 Å². The summed E-state index contributed by atoms with van der Waals surface area (Å²) in [5.74, 6) is -0.394. The van der Waals surface area contributed by atoms with Crippen LogP contribution in [0.2, 0.25) is 0 Å². The van der Waals surface area contributed by atoms with Gasteiger partial charge in [-0.25, -0.2) is 12.8 Å². The number of halogens is 2. The molecule has 0 aliphatic rings. The van der Waals surface area contributed by atoms with Gasteiger partial charge in [-0.2, -0.15) is 0 Å². The molecule has 96 valence electrons. The van der Waals surface area contributed by atoms with Crippen LogP contribution in [0.3, 0.4) is 0 Å². The molecule has 7 heteroatoms. The zero-order chi connectivity index (χ0) is 13.3. The summed E-state index contributed by atoms with van der Waals surface area (Å²) in [5, 5.41) is 0. The number of anilines is 1. The minimum Gasteiger partial charge on any atom is -0.279 e. The van der Waals surface area contributed by atoms with Crippen LogP contribution in [0.15, 0.2) is 38.3 Å². The van der Waals surface area contributed by atoms with Crippen molar-refractivity contribution in [3.63, 3.8) is 0 Å². The molecule has 0 aliphatic carbocycles. The number of hydrogen-bond donors (Lipinski definition) is 1. The monoisotopic (exact) mass is 349 g/mol. The molecule has 0 atom stereocenters. The Morgan fingerprint density at radius 3 is 2.56 bits per heavy atom. The first-order valence-electron chi connectivity index (χ1n) is 4.93. The Hall–Kier alpha value is -0.920. The first kappa shape index (κ1) is 13.5. The minimum atomic E-state index is -3.61. The molecule has 18 heavy (non-hydrogen) atoms. The Kier molecular flexibility index (Phi) is 3.74. The number of hydrogen-bond acceptors (Lipinski definition) is 3. The second kappa shape index (κ2) is 4.99. The maximum Gasteiger partial charge on any atom is 0.271 e.